The molecule has 1 atom stereocenters. The Bertz CT molecular complexity index is 857. The minimum atomic E-state index is -3.67. The van der Waals surface area contributed by atoms with Crippen molar-refractivity contribution in [1.29, 1.82) is 5.26 Å². The van der Waals surface area contributed by atoms with Crippen molar-refractivity contribution in [2.24, 2.45) is 0 Å². The minimum absolute atomic E-state index is 0.0513. The molecule has 0 bridgehead atoms. The second-order valence-electron chi connectivity index (χ2n) is 5.44. The zero-order valence-electron chi connectivity index (χ0n) is 13.8. The average molecular weight is 357 g/mol. The molecule has 0 radical (unpaired) electrons. The highest BCUT2D eigenvalue weighted by atomic mass is 32.2. The lowest BCUT2D eigenvalue weighted by atomic mass is 10.1. The SMILES string of the molecule is C[C@@H](NC(=O)c1ccc(S(=O)(=O)NCCC#N)cc1)c1ccccc1. The lowest BCUT2D eigenvalue weighted by Crippen LogP contribution is -2.27. The van der Waals surface area contributed by atoms with Gasteiger partial charge in [0.25, 0.3) is 5.91 Å². The molecular weight excluding hydrogens is 338 g/mol. The van der Waals surface area contributed by atoms with Gasteiger partial charge in [0.15, 0.2) is 0 Å². The van der Waals surface area contributed by atoms with Gasteiger partial charge in [-0.25, -0.2) is 13.1 Å². The molecule has 0 spiro atoms. The summed E-state index contributed by atoms with van der Waals surface area (Å²) in [6, 6.07) is 16.9. The molecule has 2 rings (SSSR count). The van der Waals surface area contributed by atoms with Crippen LogP contribution in [0.1, 0.15) is 35.3 Å². The average Bonchev–Trinajstić information content (AvgIpc) is 2.62. The molecule has 0 aliphatic heterocycles. The highest BCUT2D eigenvalue weighted by molar-refractivity contribution is 7.89. The van der Waals surface area contributed by atoms with Crippen molar-refractivity contribution in [3.05, 3.63) is 65.7 Å². The van der Waals surface area contributed by atoms with Crippen LogP contribution < -0.4 is 10.0 Å². The molecule has 0 heterocycles. The van der Waals surface area contributed by atoms with Crippen LogP contribution in [0.3, 0.4) is 0 Å². The third-order valence-corrected chi connectivity index (χ3v) is 5.08. The Kier molecular flexibility index (Phi) is 6.28. The first-order valence-electron chi connectivity index (χ1n) is 7.76. The van der Waals surface area contributed by atoms with Gasteiger partial charge in [0.1, 0.15) is 0 Å². The van der Waals surface area contributed by atoms with Crippen molar-refractivity contribution in [1.82, 2.24) is 10.0 Å². The number of carbonyl (C=O) groups excluding carboxylic acids is 1. The Morgan fingerprint density at radius 1 is 1.12 bits per heavy atom. The van der Waals surface area contributed by atoms with Gasteiger partial charge in [0.2, 0.25) is 10.0 Å². The zero-order valence-corrected chi connectivity index (χ0v) is 14.6. The van der Waals surface area contributed by atoms with E-state index in [1.165, 1.54) is 24.3 Å². The monoisotopic (exact) mass is 357 g/mol. The van der Waals surface area contributed by atoms with Gasteiger partial charge < -0.3 is 5.32 Å². The third-order valence-electron chi connectivity index (χ3n) is 3.60. The summed E-state index contributed by atoms with van der Waals surface area (Å²) in [5.41, 5.74) is 1.36. The second-order valence-corrected chi connectivity index (χ2v) is 7.20. The summed E-state index contributed by atoms with van der Waals surface area (Å²) >= 11 is 0. The minimum Gasteiger partial charge on any atom is -0.346 e. The Labute approximate surface area is 147 Å². The van der Waals surface area contributed by atoms with Gasteiger partial charge in [0.05, 0.1) is 17.0 Å². The van der Waals surface area contributed by atoms with Crippen LogP contribution in [0, 0.1) is 11.3 Å². The number of benzene rings is 2. The normalized spacial score (nSPS) is 12.2. The molecule has 0 aliphatic carbocycles. The van der Waals surface area contributed by atoms with E-state index in [0.29, 0.717) is 5.56 Å². The van der Waals surface area contributed by atoms with Gasteiger partial charge in [-0.3, -0.25) is 4.79 Å². The van der Waals surface area contributed by atoms with Gasteiger partial charge >= 0.3 is 0 Å². The van der Waals surface area contributed by atoms with E-state index in [9.17, 15) is 13.2 Å². The maximum Gasteiger partial charge on any atom is 0.251 e. The summed E-state index contributed by atoms with van der Waals surface area (Å²) in [6.45, 7) is 1.93. The predicted octanol–water partition coefficient (Wildman–Crippen LogP) is 2.37. The number of carbonyl (C=O) groups is 1. The number of hydrogen-bond acceptors (Lipinski definition) is 4. The van der Waals surface area contributed by atoms with Crippen LogP contribution in [0.2, 0.25) is 0 Å². The molecule has 2 N–H and O–H groups in total. The van der Waals surface area contributed by atoms with E-state index in [-0.39, 0.29) is 29.8 Å². The first-order valence-corrected chi connectivity index (χ1v) is 9.25. The predicted molar refractivity (Wildman–Crippen MR) is 94.2 cm³/mol. The molecule has 0 saturated heterocycles. The second kappa shape index (κ2) is 8.42. The van der Waals surface area contributed by atoms with Crippen molar-refractivity contribution >= 4 is 15.9 Å². The number of amides is 1. The first-order chi connectivity index (χ1) is 11.9. The maximum atomic E-state index is 12.3. The summed E-state index contributed by atoms with van der Waals surface area (Å²) in [5.74, 6) is -0.280. The molecule has 6 nitrogen and oxygen atoms in total. The fourth-order valence-electron chi connectivity index (χ4n) is 2.22. The fraction of sp³-hybridized carbons (Fsp3) is 0.222. The topological polar surface area (TPSA) is 99.1 Å². The Balaban J connectivity index is 2.04. The van der Waals surface area contributed by atoms with E-state index in [1.807, 2.05) is 43.3 Å². The molecule has 25 heavy (non-hydrogen) atoms. The Morgan fingerprint density at radius 3 is 2.36 bits per heavy atom. The molecule has 130 valence electrons. The molecular formula is C18H19N3O3S. The van der Waals surface area contributed by atoms with E-state index in [4.69, 9.17) is 5.26 Å². The van der Waals surface area contributed by atoms with Crippen molar-refractivity contribution < 1.29 is 13.2 Å². The quantitative estimate of drug-likeness (QED) is 0.743. The summed E-state index contributed by atoms with van der Waals surface area (Å²) < 4.78 is 26.4. The summed E-state index contributed by atoms with van der Waals surface area (Å²) in [7, 11) is -3.67. The van der Waals surface area contributed by atoms with Crippen molar-refractivity contribution in [2.75, 3.05) is 6.54 Å². The van der Waals surface area contributed by atoms with E-state index in [1.54, 1.807) is 0 Å². The summed E-state index contributed by atoms with van der Waals surface area (Å²) in [5, 5.41) is 11.3. The van der Waals surface area contributed by atoms with E-state index in [2.05, 4.69) is 10.0 Å². The molecule has 7 heteroatoms. The first kappa shape index (κ1) is 18.6. The number of nitrogens with zero attached hydrogens (tertiary/aromatic N) is 1. The van der Waals surface area contributed by atoms with Gasteiger partial charge in [-0.15, -0.1) is 0 Å². The van der Waals surface area contributed by atoms with Gasteiger partial charge in [0, 0.05) is 18.5 Å². The summed E-state index contributed by atoms with van der Waals surface area (Å²) in [6.07, 6.45) is 0.0943. The van der Waals surface area contributed by atoms with E-state index in [0.717, 1.165) is 5.56 Å². The van der Waals surface area contributed by atoms with E-state index >= 15 is 0 Å². The highest BCUT2D eigenvalue weighted by Crippen LogP contribution is 2.14. The molecule has 0 aromatic heterocycles. The molecule has 0 unspecified atom stereocenters. The summed E-state index contributed by atoms with van der Waals surface area (Å²) in [4.78, 5) is 12.3. The zero-order chi connectivity index (χ0) is 18.3. The highest BCUT2D eigenvalue weighted by Gasteiger charge is 2.15. The van der Waals surface area contributed by atoms with Gasteiger partial charge in [-0.05, 0) is 36.8 Å². The molecule has 2 aromatic rings. The van der Waals surface area contributed by atoms with E-state index < -0.39 is 10.0 Å². The number of nitriles is 1. The third kappa shape index (κ3) is 5.14. The molecule has 0 aliphatic rings. The lowest BCUT2D eigenvalue weighted by Gasteiger charge is -2.14. The number of sulfonamides is 1. The number of nitrogens with one attached hydrogen (secondary N) is 2. The number of hydrogen-bond donors (Lipinski definition) is 2. The van der Waals surface area contributed by atoms with Gasteiger partial charge in [-0.1, -0.05) is 30.3 Å². The Morgan fingerprint density at radius 2 is 1.76 bits per heavy atom. The van der Waals surface area contributed by atoms with Crippen LogP contribution in [0.5, 0.6) is 0 Å². The van der Waals surface area contributed by atoms with Crippen molar-refractivity contribution in [3.63, 3.8) is 0 Å². The molecule has 0 saturated carbocycles. The van der Waals surface area contributed by atoms with Crippen molar-refractivity contribution in [2.45, 2.75) is 24.3 Å². The lowest BCUT2D eigenvalue weighted by molar-refractivity contribution is 0.0940. The smallest absolute Gasteiger partial charge is 0.251 e. The largest absolute Gasteiger partial charge is 0.346 e. The maximum absolute atomic E-state index is 12.3. The standard InChI is InChI=1S/C18H19N3O3S/c1-14(15-6-3-2-4-7-15)21-18(22)16-8-10-17(11-9-16)25(23,24)20-13-5-12-19/h2-4,6-11,14,20H,5,13H2,1H3,(H,21,22)/t14-/m1/s1. The molecule has 2 aromatic carbocycles. The number of rotatable bonds is 7. The van der Waals surface area contributed by atoms with Gasteiger partial charge in [-0.2, -0.15) is 5.26 Å². The molecule has 0 fully saturated rings. The van der Waals surface area contributed by atoms with Crippen molar-refractivity contribution in [3.8, 4) is 6.07 Å². The van der Waals surface area contributed by atoms with Crippen LogP contribution in [-0.2, 0) is 10.0 Å². The Hall–Kier alpha value is -2.69. The molecule has 1 amide bonds. The fourth-order valence-corrected chi connectivity index (χ4v) is 3.25. The van der Waals surface area contributed by atoms with Crippen LogP contribution in [0.4, 0.5) is 0 Å². The van der Waals surface area contributed by atoms with Crippen LogP contribution >= 0.6 is 0 Å². The van der Waals surface area contributed by atoms with Crippen LogP contribution in [-0.4, -0.2) is 20.9 Å². The van der Waals surface area contributed by atoms with Crippen LogP contribution in [0.15, 0.2) is 59.5 Å². The van der Waals surface area contributed by atoms with Crippen LogP contribution in [0.25, 0.3) is 0 Å².